The smallest absolute Gasteiger partial charge is 0.400 e. The van der Waals surface area contributed by atoms with Gasteiger partial charge in [-0.05, 0) is 52.0 Å². The fourth-order valence-corrected chi connectivity index (χ4v) is 7.73. The molecule has 0 amide bonds. The molecule has 1 aliphatic carbocycles. The molecule has 124 valence electrons. The number of epoxide rings is 1. The first kappa shape index (κ1) is 17.6. The minimum absolute atomic E-state index is 0.573. The van der Waals surface area contributed by atoms with Gasteiger partial charge in [0.2, 0.25) is 0 Å². The molecule has 1 saturated heterocycles. The Kier molecular flexibility index (Phi) is 7.33. The Balaban J connectivity index is 1.67. The van der Waals surface area contributed by atoms with Gasteiger partial charge in [-0.1, -0.05) is 6.42 Å². The van der Waals surface area contributed by atoms with Gasteiger partial charge in [0.25, 0.3) is 0 Å². The molecule has 0 radical (unpaired) electrons. The second-order valence-electron chi connectivity index (χ2n) is 5.68. The van der Waals surface area contributed by atoms with Crippen molar-refractivity contribution in [3.8, 4) is 0 Å². The lowest BCUT2D eigenvalue weighted by atomic mass is 9.88. The molecule has 0 aromatic heterocycles. The van der Waals surface area contributed by atoms with Gasteiger partial charge in [0.1, 0.15) is 0 Å². The first-order valence-electron chi connectivity index (χ1n) is 8.44. The summed E-state index contributed by atoms with van der Waals surface area (Å²) in [6, 6.07) is 1.17. The van der Waals surface area contributed by atoms with Gasteiger partial charge in [-0.3, -0.25) is 0 Å². The molecule has 0 bridgehead atoms. The zero-order chi connectivity index (χ0) is 15.1. The predicted octanol–water partition coefficient (Wildman–Crippen LogP) is 2.01. The Morgan fingerprint density at radius 1 is 1.00 bits per heavy atom. The van der Waals surface area contributed by atoms with Crippen molar-refractivity contribution >= 4 is 18.8 Å². The van der Waals surface area contributed by atoms with Crippen molar-refractivity contribution in [1.82, 2.24) is 0 Å². The summed E-state index contributed by atoms with van der Waals surface area (Å²) in [6.07, 6.45) is 6.27. The second kappa shape index (κ2) is 8.76. The Morgan fingerprint density at radius 2 is 1.67 bits per heavy atom. The van der Waals surface area contributed by atoms with Crippen LogP contribution in [0, 0.1) is 5.92 Å². The summed E-state index contributed by atoms with van der Waals surface area (Å²) in [4.78, 5) is 0. The van der Waals surface area contributed by atoms with E-state index in [0.29, 0.717) is 32.0 Å². The van der Waals surface area contributed by atoms with Gasteiger partial charge in [0, 0.05) is 19.8 Å². The zero-order valence-corrected chi connectivity index (χ0v) is 16.1. The molecule has 0 spiro atoms. The topological polar surface area (TPSA) is 49.5 Å². The van der Waals surface area contributed by atoms with Crippen molar-refractivity contribution in [2.45, 2.75) is 64.7 Å². The van der Waals surface area contributed by atoms with E-state index in [2.05, 4.69) is 0 Å². The first-order valence-corrected chi connectivity index (χ1v) is 11.6. The molecule has 0 aromatic rings. The van der Waals surface area contributed by atoms with Crippen LogP contribution in [0.2, 0.25) is 6.04 Å². The van der Waals surface area contributed by atoms with E-state index in [9.17, 15) is 0 Å². The highest BCUT2D eigenvalue weighted by atomic mass is 28.4. The third-order valence-electron chi connectivity index (χ3n) is 4.11. The molecule has 0 N–H and O–H groups in total. The van der Waals surface area contributed by atoms with Crippen molar-refractivity contribution < 1.29 is 22.1 Å². The summed E-state index contributed by atoms with van der Waals surface area (Å²) in [5.41, 5.74) is 0. The van der Waals surface area contributed by atoms with Gasteiger partial charge in [-0.2, -0.15) is 0 Å². The zero-order valence-electron chi connectivity index (χ0n) is 13.6. The molecule has 2 rings (SSSR count). The molecule has 21 heavy (non-hydrogen) atoms. The van der Waals surface area contributed by atoms with Gasteiger partial charge < -0.3 is 22.1 Å². The lowest BCUT2D eigenvalue weighted by Crippen LogP contribution is -2.50. The SMILES string of the molecule is CCO[Si](OCC)(OCC)O[SiH2]CCC1CCC2OC2C1. The third-order valence-corrected chi connectivity index (χ3v) is 8.97. The number of fused-ring (bicyclic) bond motifs is 1. The lowest BCUT2D eigenvalue weighted by molar-refractivity contribution is 0.0104. The molecular formula is C14H30O5Si2. The van der Waals surface area contributed by atoms with Gasteiger partial charge >= 0.3 is 9.05 Å². The van der Waals surface area contributed by atoms with Gasteiger partial charge in [0.15, 0.2) is 9.76 Å². The van der Waals surface area contributed by atoms with Crippen molar-refractivity contribution in [2.24, 2.45) is 5.92 Å². The monoisotopic (exact) mass is 334 g/mol. The number of hydrogen-bond acceptors (Lipinski definition) is 5. The summed E-state index contributed by atoms with van der Waals surface area (Å²) in [5.74, 6) is 0.826. The molecular weight excluding hydrogens is 304 g/mol. The van der Waals surface area contributed by atoms with E-state index in [-0.39, 0.29) is 0 Å². The van der Waals surface area contributed by atoms with E-state index < -0.39 is 18.8 Å². The van der Waals surface area contributed by atoms with Crippen LogP contribution >= 0.6 is 0 Å². The molecule has 3 unspecified atom stereocenters. The minimum atomic E-state index is -2.85. The van der Waals surface area contributed by atoms with E-state index >= 15 is 0 Å². The standard InChI is InChI=1S/C14H30O5Si2/c1-4-15-21(16-5-2,17-6-3)19-20-10-9-12-7-8-13-14(11-12)18-13/h12-14H,4-11,20H2,1-3H3. The highest BCUT2D eigenvalue weighted by molar-refractivity contribution is 6.60. The normalized spacial score (nSPS) is 29.0. The highest BCUT2D eigenvalue weighted by Crippen LogP contribution is 2.40. The number of ether oxygens (including phenoxy) is 1. The maximum Gasteiger partial charge on any atom is 0.668 e. The summed E-state index contributed by atoms with van der Waals surface area (Å²) in [5, 5.41) is 0. The molecule has 0 aromatic carbocycles. The van der Waals surface area contributed by atoms with E-state index in [1.165, 1.54) is 31.7 Å². The van der Waals surface area contributed by atoms with Gasteiger partial charge in [-0.25, -0.2) is 0 Å². The Hall–Kier alpha value is 0.234. The average molecular weight is 335 g/mol. The maximum atomic E-state index is 6.06. The van der Waals surface area contributed by atoms with Crippen LogP contribution in [0.1, 0.15) is 46.5 Å². The fourth-order valence-electron chi connectivity index (χ4n) is 3.10. The average Bonchev–Trinajstić information content (AvgIpc) is 3.23. The molecule has 1 saturated carbocycles. The van der Waals surface area contributed by atoms with Crippen molar-refractivity contribution in [3.63, 3.8) is 0 Å². The van der Waals surface area contributed by atoms with Crippen LogP contribution in [0.4, 0.5) is 0 Å². The van der Waals surface area contributed by atoms with E-state index in [4.69, 9.17) is 22.1 Å². The van der Waals surface area contributed by atoms with Gasteiger partial charge in [0.05, 0.1) is 12.2 Å². The second-order valence-corrected chi connectivity index (χ2v) is 9.82. The van der Waals surface area contributed by atoms with E-state index in [1.807, 2.05) is 20.8 Å². The number of rotatable bonds is 11. The lowest BCUT2D eigenvalue weighted by Gasteiger charge is -2.27. The van der Waals surface area contributed by atoms with Crippen LogP contribution in [-0.4, -0.2) is 50.8 Å². The Bertz CT molecular complexity index is 288. The summed E-state index contributed by atoms with van der Waals surface area (Å²) < 4.78 is 28.8. The fraction of sp³-hybridized carbons (Fsp3) is 1.00. The summed E-state index contributed by atoms with van der Waals surface area (Å²) in [7, 11) is -3.51. The van der Waals surface area contributed by atoms with Crippen LogP contribution in [0.3, 0.4) is 0 Å². The first-order chi connectivity index (χ1) is 10.2. The van der Waals surface area contributed by atoms with E-state index in [0.717, 1.165) is 5.92 Å². The summed E-state index contributed by atoms with van der Waals surface area (Å²) >= 11 is 0. The van der Waals surface area contributed by atoms with Crippen molar-refractivity contribution in [1.29, 1.82) is 0 Å². The molecule has 2 aliphatic rings. The maximum absolute atomic E-state index is 6.06. The van der Waals surface area contributed by atoms with Crippen LogP contribution in [0.5, 0.6) is 0 Å². The predicted molar refractivity (Wildman–Crippen MR) is 85.7 cm³/mol. The van der Waals surface area contributed by atoms with Crippen molar-refractivity contribution in [3.05, 3.63) is 0 Å². The Labute approximate surface area is 132 Å². The van der Waals surface area contributed by atoms with Crippen LogP contribution < -0.4 is 0 Å². The highest BCUT2D eigenvalue weighted by Gasteiger charge is 2.45. The van der Waals surface area contributed by atoms with Crippen molar-refractivity contribution in [2.75, 3.05) is 19.8 Å². The molecule has 7 heteroatoms. The molecule has 5 nitrogen and oxygen atoms in total. The largest absolute Gasteiger partial charge is 0.668 e. The van der Waals surface area contributed by atoms with Crippen LogP contribution in [0.15, 0.2) is 0 Å². The Morgan fingerprint density at radius 3 is 2.24 bits per heavy atom. The minimum Gasteiger partial charge on any atom is -0.400 e. The molecule has 1 aliphatic heterocycles. The quantitative estimate of drug-likeness (QED) is 0.329. The molecule has 3 atom stereocenters. The number of hydrogen-bond donors (Lipinski definition) is 0. The molecule has 2 fully saturated rings. The van der Waals surface area contributed by atoms with Crippen LogP contribution in [-0.2, 0) is 22.1 Å². The summed E-state index contributed by atoms with van der Waals surface area (Å²) in [6.45, 7) is 7.59. The third kappa shape index (κ3) is 5.42. The van der Waals surface area contributed by atoms with Crippen LogP contribution in [0.25, 0.3) is 0 Å². The van der Waals surface area contributed by atoms with Gasteiger partial charge in [-0.15, -0.1) is 0 Å². The van der Waals surface area contributed by atoms with E-state index in [1.54, 1.807) is 0 Å². The molecule has 1 heterocycles.